The third kappa shape index (κ3) is 4.52. The van der Waals surface area contributed by atoms with E-state index in [4.69, 9.17) is 0 Å². The van der Waals surface area contributed by atoms with Crippen LogP contribution in [-0.2, 0) is 6.54 Å². The van der Waals surface area contributed by atoms with Crippen LogP contribution in [-0.4, -0.2) is 29.9 Å². The summed E-state index contributed by atoms with van der Waals surface area (Å²) in [5.41, 5.74) is 4.35. The number of rotatable bonds is 5. The van der Waals surface area contributed by atoms with Crippen LogP contribution in [0.4, 0.5) is 5.69 Å². The van der Waals surface area contributed by atoms with E-state index in [1.54, 1.807) is 12.3 Å². The summed E-state index contributed by atoms with van der Waals surface area (Å²) in [6.45, 7) is 0.800. The highest BCUT2D eigenvalue weighted by Crippen LogP contribution is 2.20. The molecule has 3 aromatic rings. The largest absolute Gasteiger partial charge is 0.322 e. The van der Waals surface area contributed by atoms with E-state index in [1.807, 2.05) is 74.8 Å². The molecule has 0 bridgehead atoms. The number of anilines is 1. The van der Waals surface area contributed by atoms with Crippen LogP contribution < -0.4 is 5.32 Å². The Bertz CT molecular complexity index is 860. The lowest BCUT2D eigenvalue weighted by molar-refractivity contribution is 0.102. The van der Waals surface area contributed by atoms with Gasteiger partial charge in [0, 0.05) is 29.6 Å². The predicted molar refractivity (Wildman–Crippen MR) is 101 cm³/mol. The molecule has 126 valence electrons. The normalized spacial score (nSPS) is 10.7. The van der Waals surface area contributed by atoms with Crippen LogP contribution in [0, 0.1) is 0 Å². The van der Waals surface area contributed by atoms with Crippen molar-refractivity contribution in [1.29, 1.82) is 0 Å². The number of nitrogens with one attached hydrogen (secondary N) is 1. The van der Waals surface area contributed by atoms with Gasteiger partial charge in [0.05, 0.1) is 5.69 Å². The summed E-state index contributed by atoms with van der Waals surface area (Å²) in [6, 6.07) is 21.3. The van der Waals surface area contributed by atoms with Crippen molar-refractivity contribution in [2.45, 2.75) is 6.54 Å². The summed E-state index contributed by atoms with van der Waals surface area (Å²) >= 11 is 0. The molecule has 0 unspecified atom stereocenters. The molecule has 0 aliphatic carbocycles. The molecular weight excluding hydrogens is 310 g/mol. The van der Waals surface area contributed by atoms with Crippen LogP contribution in [0.1, 0.15) is 15.9 Å². The van der Waals surface area contributed by atoms with Gasteiger partial charge in [0.15, 0.2) is 0 Å². The summed E-state index contributed by atoms with van der Waals surface area (Å²) in [5, 5.41) is 2.96. The van der Waals surface area contributed by atoms with Gasteiger partial charge in [0.25, 0.3) is 5.91 Å². The number of benzene rings is 2. The summed E-state index contributed by atoms with van der Waals surface area (Å²) in [6.07, 6.45) is 1.71. The quantitative estimate of drug-likeness (QED) is 0.767. The minimum Gasteiger partial charge on any atom is -0.322 e. The van der Waals surface area contributed by atoms with Gasteiger partial charge < -0.3 is 10.2 Å². The van der Waals surface area contributed by atoms with Crippen LogP contribution >= 0.6 is 0 Å². The van der Waals surface area contributed by atoms with E-state index in [9.17, 15) is 4.79 Å². The van der Waals surface area contributed by atoms with E-state index < -0.39 is 0 Å². The van der Waals surface area contributed by atoms with E-state index in [0.29, 0.717) is 5.56 Å². The molecule has 0 saturated heterocycles. The third-order valence-electron chi connectivity index (χ3n) is 3.78. The highest BCUT2D eigenvalue weighted by Gasteiger charge is 2.08. The van der Waals surface area contributed by atoms with Crippen molar-refractivity contribution in [3.05, 3.63) is 84.1 Å². The lowest BCUT2D eigenvalue weighted by Crippen LogP contribution is -2.14. The first-order valence-electron chi connectivity index (χ1n) is 8.18. The fourth-order valence-corrected chi connectivity index (χ4v) is 2.65. The fraction of sp³-hybridized carbons (Fsp3) is 0.143. The highest BCUT2D eigenvalue weighted by atomic mass is 16.1. The fourth-order valence-electron chi connectivity index (χ4n) is 2.65. The molecular formula is C21H21N3O. The van der Waals surface area contributed by atoms with Gasteiger partial charge in [-0.15, -0.1) is 0 Å². The average Bonchev–Trinajstić information content (AvgIpc) is 2.62. The van der Waals surface area contributed by atoms with Crippen molar-refractivity contribution in [3.8, 4) is 11.3 Å². The van der Waals surface area contributed by atoms with E-state index in [1.165, 1.54) is 0 Å². The number of carbonyl (C=O) groups is 1. The van der Waals surface area contributed by atoms with Crippen LogP contribution in [0.5, 0.6) is 0 Å². The Labute approximate surface area is 148 Å². The van der Waals surface area contributed by atoms with Gasteiger partial charge in [-0.3, -0.25) is 9.78 Å². The van der Waals surface area contributed by atoms with Crippen molar-refractivity contribution in [3.63, 3.8) is 0 Å². The molecule has 25 heavy (non-hydrogen) atoms. The maximum Gasteiger partial charge on any atom is 0.255 e. The Balaban J connectivity index is 1.77. The van der Waals surface area contributed by atoms with Gasteiger partial charge in [-0.2, -0.15) is 0 Å². The maximum absolute atomic E-state index is 12.6. The zero-order chi connectivity index (χ0) is 17.6. The van der Waals surface area contributed by atoms with Gasteiger partial charge in [-0.25, -0.2) is 0 Å². The van der Waals surface area contributed by atoms with Gasteiger partial charge >= 0.3 is 0 Å². The molecule has 0 aliphatic rings. The van der Waals surface area contributed by atoms with Crippen LogP contribution in [0.25, 0.3) is 11.3 Å². The Hall–Kier alpha value is -2.98. The lowest BCUT2D eigenvalue weighted by atomic mass is 10.1. The zero-order valence-corrected chi connectivity index (χ0v) is 14.4. The van der Waals surface area contributed by atoms with Gasteiger partial charge in [0.2, 0.25) is 0 Å². The van der Waals surface area contributed by atoms with E-state index in [-0.39, 0.29) is 5.91 Å². The highest BCUT2D eigenvalue weighted by molar-refractivity contribution is 6.04. The molecule has 0 radical (unpaired) electrons. The third-order valence-corrected chi connectivity index (χ3v) is 3.78. The summed E-state index contributed by atoms with van der Waals surface area (Å²) in [4.78, 5) is 19.0. The summed E-state index contributed by atoms with van der Waals surface area (Å²) in [5.74, 6) is -0.120. The topological polar surface area (TPSA) is 45.2 Å². The number of amides is 1. The average molecular weight is 331 g/mol. The number of hydrogen-bond acceptors (Lipinski definition) is 3. The number of pyridine rings is 1. The van der Waals surface area contributed by atoms with Crippen LogP contribution in [0.3, 0.4) is 0 Å². The van der Waals surface area contributed by atoms with Crippen molar-refractivity contribution in [1.82, 2.24) is 9.88 Å². The number of aromatic nitrogens is 1. The zero-order valence-electron chi connectivity index (χ0n) is 14.4. The Kier molecular flexibility index (Phi) is 5.21. The summed E-state index contributed by atoms with van der Waals surface area (Å²) in [7, 11) is 4.02. The van der Waals surface area contributed by atoms with Gasteiger partial charge in [-0.05, 0) is 43.9 Å². The molecule has 3 rings (SSSR count). The van der Waals surface area contributed by atoms with E-state index in [2.05, 4.69) is 15.2 Å². The van der Waals surface area contributed by atoms with Crippen molar-refractivity contribution < 1.29 is 4.79 Å². The molecule has 0 saturated carbocycles. The SMILES string of the molecule is CN(C)Cc1cccc(C(=O)Nc2ccnc(-c3ccccc3)c2)c1. The van der Waals surface area contributed by atoms with Crippen molar-refractivity contribution in [2.75, 3.05) is 19.4 Å². The van der Waals surface area contributed by atoms with Gasteiger partial charge in [-0.1, -0.05) is 42.5 Å². The molecule has 1 N–H and O–H groups in total. The van der Waals surface area contributed by atoms with E-state index in [0.717, 1.165) is 29.1 Å². The van der Waals surface area contributed by atoms with Crippen molar-refractivity contribution >= 4 is 11.6 Å². The number of hydrogen-bond donors (Lipinski definition) is 1. The second kappa shape index (κ2) is 7.73. The number of carbonyl (C=O) groups excluding carboxylic acids is 1. The van der Waals surface area contributed by atoms with Crippen LogP contribution in [0.15, 0.2) is 72.9 Å². The maximum atomic E-state index is 12.6. The first-order chi connectivity index (χ1) is 12.1. The molecule has 0 aliphatic heterocycles. The van der Waals surface area contributed by atoms with Crippen molar-refractivity contribution in [2.24, 2.45) is 0 Å². The Morgan fingerprint density at radius 2 is 1.80 bits per heavy atom. The minimum absolute atomic E-state index is 0.120. The van der Waals surface area contributed by atoms with Crippen LogP contribution in [0.2, 0.25) is 0 Å². The summed E-state index contributed by atoms with van der Waals surface area (Å²) < 4.78 is 0. The smallest absolute Gasteiger partial charge is 0.255 e. The molecule has 0 fully saturated rings. The standard InChI is InChI=1S/C21H21N3O/c1-24(2)15-16-7-6-10-18(13-16)21(25)23-19-11-12-22-20(14-19)17-8-4-3-5-9-17/h3-14H,15H2,1-2H3,(H,22,23,25). The second-order valence-corrected chi connectivity index (χ2v) is 6.19. The first kappa shape index (κ1) is 16.9. The molecule has 1 heterocycles. The Morgan fingerprint density at radius 3 is 2.56 bits per heavy atom. The first-order valence-corrected chi connectivity index (χ1v) is 8.18. The number of nitrogens with zero attached hydrogens (tertiary/aromatic N) is 2. The lowest BCUT2D eigenvalue weighted by Gasteiger charge is -2.11. The molecule has 0 atom stereocenters. The monoisotopic (exact) mass is 331 g/mol. The predicted octanol–water partition coefficient (Wildman–Crippen LogP) is 4.06. The van der Waals surface area contributed by atoms with Gasteiger partial charge in [0.1, 0.15) is 0 Å². The van der Waals surface area contributed by atoms with E-state index >= 15 is 0 Å². The molecule has 0 spiro atoms. The molecule has 4 heteroatoms. The molecule has 2 aromatic carbocycles. The molecule has 1 amide bonds. The molecule has 1 aromatic heterocycles. The minimum atomic E-state index is -0.120. The Morgan fingerprint density at radius 1 is 1.00 bits per heavy atom. The second-order valence-electron chi connectivity index (χ2n) is 6.19. The molecule has 4 nitrogen and oxygen atoms in total.